The van der Waals surface area contributed by atoms with Gasteiger partial charge in [-0.15, -0.1) is 0 Å². The van der Waals surface area contributed by atoms with Crippen molar-refractivity contribution in [2.24, 2.45) is 5.92 Å². The van der Waals surface area contributed by atoms with Crippen molar-refractivity contribution in [3.05, 3.63) is 34.6 Å². The topological polar surface area (TPSA) is 12.0 Å². The fourth-order valence-electron chi connectivity index (χ4n) is 2.01. The fraction of sp³-hybridized carbons (Fsp3) is 0.571. The summed E-state index contributed by atoms with van der Waals surface area (Å²) in [6.45, 7) is 4.33. The van der Waals surface area contributed by atoms with Crippen LogP contribution in [0.3, 0.4) is 0 Å². The molecule has 1 fully saturated rings. The van der Waals surface area contributed by atoms with Crippen molar-refractivity contribution < 1.29 is 4.39 Å². The van der Waals surface area contributed by atoms with E-state index in [4.69, 9.17) is 11.6 Å². The molecule has 0 aliphatic heterocycles. The van der Waals surface area contributed by atoms with E-state index in [1.165, 1.54) is 18.9 Å². The third-order valence-corrected chi connectivity index (χ3v) is 3.71. The van der Waals surface area contributed by atoms with Gasteiger partial charge in [0.1, 0.15) is 5.82 Å². The van der Waals surface area contributed by atoms with Gasteiger partial charge in [0.15, 0.2) is 0 Å². The van der Waals surface area contributed by atoms with E-state index in [0.717, 1.165) is 12.0 Å². The maximum atomic E-state index is 13.6. The zero-order valence-corrected chi connectivity index (χ0v) is 11.1. The van der Waals surface area contributed by atoms with E-state index in [-0.39, 0.29) is 5.82 Å². The Kier molecular flexibility index (Phi) is 4.05. The van der Waals surface area contributed by atoms with Crippen LogP contribution in [0.25, 0.3) is 0 Å². The third-order valence-electron chi connectivity index (χ3n) is 3.48. The van der Waals surface area contributed by atoms with Crippen LogP contribution in [0.5, 0.6) is 0 Å². The molecule has 2 rings (SSSR count). The fourth-order valence-corrected chi connectivity index (χ4v) is 2.20. The molecule has 17 heavy (non-hydrogen) atoms. The van der Waals surface area contributed by atoms with E-state index in [0.29, 0.717) is 23.0 Å². The molecular formula is C14H19ClFN. The predicted octanol–water partition coefficient (Wildman–Crippen LogP) is 3.80. The minimum absolute atomic E-state index is 0.153. The van der Waals surface area contributed by atoms with Crippen LogP contribution in [0.1, 0.15) is 32.3 Å². The molecule has 1 aliphatic rings. The zero-order chi connectivity index (χ0) is 12.4. The lowest BCUT2D eigenvalue weighted by Crippen LogP contribution is -2.34. The number of nitrogens with one attached hydrogen (secondary N) is 1. The first kappa shape index (κ1) is 12.8. The summed E-state index contributed by atoms with van der Waals surface area (Å²) in [5.74, 6) is 0.253. The Morgan fingerprint density at radius 1 is 1.41 bits per heavy atom. The first-order valence-corrected chi connectivity index (χ1v) is 6.64. The molecule has 1 aromatic rings. The van der Waals surface area contributed by atoms with Crippen LogP contribution in [0.15, 0.2) is 18.2 Å². The van der Waals surface area contributed by atoms with Crippen molar-refractivity contribution in [2.75, 3.05) is 0 Å². The second-order valence-corrected chi connectivity index (χ2v) is 5.58. The van der Waals surface area contributed by atoms with Crippen LogP contribution >= 0.6 is 11.6 Å². The van der Waals surface area contributed by atoms with Gasteiger partial charge < -0.3 is 5.32 Å². The zero-order valence-electron chi connectivity index (χ0n) is 10.3. The van der Waals surface area contributed by atoms with E-state index < -0.39 is 0 Å². The standard InChI is InChI=1S/C14H19ClFN/c1-9(10(2)17-13-4-5-13)7-11-8-12(15)3-6-14(11)16/h3,6,8-10,13,17H,4-5,7H2,1-2H3. The highest BCUT2D eigenvalue weighted by Crippen LogP contribution is 2.23. The first-order valence-electron chi connectivity index (χ1n) is 6.26. The molecule has 0 saturated heterocycles. The van der Waals surface area contributed by atoms with Crippen LogP contribution in [0.2, 0.25) is 5.02 Å². The number of hydrogen-bond donors (Lipinski definition) is 1. The van der Waals surface area contributed by atoms with Crippen LogP contribution in [-0.2, 0) is 6.42 Å². The van der Waals surface area contributed by atoms with Gasteiger partial charge in [0.25, 0.3) is 0 Å². The summed E-state index contributed by atoms with van der Waals surface area (Å²) < 4.78 is 13.6. The molecule has 0 spiro atoms. The van der Waals surface area contributed by atoms with Gasteiger partial charge in [-0.05, 0) is 55.9 Å². The summed E-state index contributed by atoms with van der Waals surface area (Å²) >= 11 is 5.89. The van der Waals surface area contributed by atoms with Gasteiger partial charge in [0, 0.05) is 17.1 Å². The van der Waals surface area contributed by atoms with E-state index >= 15 is 0 Å². The van der Waals surface area contributed by atoms with Crippen LogP contribution in [-0.4, -0.2) is 12.1 Å². The molecule has 1 aromatic carbocycles. The van der Waals surface area contributed by atoms with E-state index in [9.17, 15) is 4.39 Å². The molecule has 0 aromatic heterocycles. The highest BCUT2D eigenvalue weighted by atomic mass is 35.5. The lowest BCUT2D eigenvalue weighted by molar-refractivity contribution is 0.391. The third kappa shape index (κ3) is 3.68. The normalized spacial score (nSPS) is 19.1. The Labute approximate surface area is 107 Å². The molecule has 2 unspecified atom stereocenters. The summed E-state index contributed by atoms with van der Waals surface area (Å²) in [6.07, 6.45) is 3.29. The second kappa shape index (κ2) is 5.36. The van der Waals surface area contributed by atoms with Crippen LogP contribution in [0, 0.1) is 11.7 Å². The van der Waals surface area contributed by atoms with Gasteiger partial charge in [-0.3, -0.25) is 0 Å². The lowest BCUT2D eigenvalue weighted by Gasteiger charge is -2.21. The van der Waals surface area contributed by atoms with Crippen LogP contribution < -0.4 is 5.32 Å². The second-order valence-electron chi connectivity index (χ2n) is 5.15. The molecule has 1 saturated carbocycles. The average Bonchev–Trinajstić information content (AvgIpc) is 3.07. The maximum absolute atomic E-state index is 13.6. The Hall–Kier alpha value is -0.600. The molecular weight excluding hydrogens is 237 g/mol. The van der Waals surface area contributed by atoms with Gasteiger partial charge in [0.2, 0.25) is 0 Å². The molecule has 0 amide bonds. The van der Waals surface area contributed by atoms with Gasteiger partial charge >= 0.3 is 0 Å². The molecule has 0 radical (unpaired) electrons. The van der Waals surface area contributed by atoms with E-state index in [1.54, 1.807) is 12.1 Å². The molecule has 94 valence electrons. The molecule has 1 aliphatic carbocycles. The lowest BCUT2D eigenvalue weighted by atomic mass is 9.94. The summed E-state index contributed by atoms with van der Waals surface area (Å²) in [7, 11) is 0. The van der Waals surface area contributed by atoms with Crippen molar-refractivity contribution in [2.45, 2.75) is 45.2 Å². The average molecular weight is 256 g/mol. The largest absolute Gasteiger partial charge is 0.311 e. The van der Waals surface area contributed by atoms with Crippen molar-refractivity contribution in [1.82, 2.24) is 5.32 Å². The van der Waals surface area contributed by atoms with E-state index in [2.05, 4.69) is 19.2 Å². The van der Waals surface area contributed by atoms with Crippen LogP contribution in [0.4, 0.5) is 4.39 Å². The summed E-state index contributed by atoms with van der Waals surface area (Å²) in [5, 5.41) is 4.16. The van der Waals surface area contributed by atoms with Crippen molar-refractivity contribution in [1.29, 1.82) is 0 Å². The first-order chi connectivity index (χ1) is 8.06. The highest BCUT2D eigenvalue weighted by Gasteiger charge is 2.25. The number of hydrogen-bond acceptors (Lipinski definition) is 1. The minimum atomic E-state index is -0.153. The summed E-state index contributed by atoms with van der Waals surface area (Å²) in [4.78, 5) is 0. The SMILES string of the molecule is CC(Cc1cc(Cl)ccc1F)C(C)NC1CC1. The Morgan fingerprint density at radius 2 is 2.12 bits per heavy atom. The quantitative estimate of drug-likeness (QED) is 0.844. The summed E-state index contributed by atoms with van der Waals surface area (Å²) in [5.41, 5.74) is 0.717. The molecule has 0 bridgehead atoms. The number of rotatable bonds is 5. The summed E-state index contributed by atoms with van der Waals surface area (Å²) in [6, 6.07) is 5.88. The predicted molar refractivity (Wildman–Crippen MR) is 69.9 cm³/mol. The smallest absolute Gasteiger partial charge is 0.126 e. The molecule has 1 nitrogen and oxygen atoms in total. The van der Waals surface area contributed by atoms with Gasteiger partial charge in [-0.25, -0.2) is 4.39 Å². The molecule has 0 heterocycles. The molecule has 1 N–H and O–H groups in total. The molecule has 2 atom stereocenters. The van der Waals surface area contributed by atoms with Crippen molar-refractivity contribution in [3.8, 4) is 0 Å². The number of halogens is 2. The van der Waals surface area contributed by atoms with Gasteiger partial charge in [-0.1, -0.05) is 18.5 Å². The van der Waals surface area contributed by atoms with Gasteiger partial charge in [-0.2, -0.15) is 0 Å². The Balaban J connectivity index is 1.95. The Morgan fingerprint density at radius 3 is 2.76 bits per heavy atom. The van der Waals surface area contributed by atoms with E-state index in [1.807, 2.05) is 0 Å². The monoisotopic (exact) mass is 255 g/mol. The molecule has 3 heteroatoms. The van der Waals surface area contributed by atoms with Crippen molar-refractivity contribution >= 4 is 11.6 Å². The van der Waals surface area contributed by atoms with Gasteiger partial charge in [0.05, 0.1) is 0 Å². The van der Waals surface area contributed by atoms with Crippen molar-refractivity contribution in [3.63, 3.8) is 0 Å². The maximum Gasteiger partial charge on any atom is 0.126 e. The minimum Gasteiger partial charge on any atom is -0.311 e. The Bertz CT molecular complexity index is 390. The highest BCUT2D eigenvalue weighted by molar-refractivity contribution is 6.30. The number of benzene rings is 1.